The molecule has 0 aliphatic carbocycles. The minimum Gasteiger partial charge on any atom is -0.469 e. The van der Waals surface area contributed by atoms with Gasteiger partial charge in [0, 0.05) is 12.6 Å². The monoisotopic (exact) mass is 385 g/mol. The molecule has 2 N–H and O–H groups in total. The van der Waals surface area contributed by atoms with Crippen molar-refractivity contribution in [2.45, 2.75) is 44.0 Å². The molecule has 1 heterocycles. The first-order chi connectivity index (χ1) is 13.7. The Morgan fingerprint density at radius 1 is 0.964 bits per heavy atom. The van der Waals surface area contributed by atoms with E-state index in [0.717, 1.165) is 11.1 Å². The molecule has 28 heavy (non-hydrogen) atoms. The zero-order chi connectivity index (χ0) is 19.8. The third kappa shape index (κ3) is 5.62. The number of aliphatic hydroxyl groups excluding tert-OH is 1. The first-order valence-corrected chi connectivity index (χ1v) is 9.46. The number of esters is 1. The zero-order valence-corrected chi connectivity index (χ0v) is 16.0. The lowest BCUT2D eigenvalue weighted by molar-refractivity contribution is -0.165. The lowest BCUT2D eigenvalue weighted by Crippen LogP contribution is -2.61. The highest BCUT2D eigenvalue weighted by atomic mass is 16.6. The van der Waals surface area contributed by atoms with E-state index in [9.17, 15) is 9.90 Å². The molecule has 3 rings (SSSR count). The summed E-state index contributed by atoms with van der Waals surface area (Å²) >= 11 is 0. The van der Waals surface area contributed by atoms with E-state index >= 15 is 0 Å². The molecule has 0 amide bonds. The Morgan fingerprint density at radius 3 is 2.04 bits per heavy atom. The van der Waals surface area contributed by atoms with Gasteiger partial charge in [-0.15, -0.1) is 0 Å². The van der Waals surface area contributed by atoms with E-state index in [0.29, 0.717) is 19.8 Å². The van der Waals surface area contributed by atoms with Gasteiger partial charge < -0.3 is 24.6 Å². The number of benzene rings is 2. The summed E-state index contributed by atoms with van der Waals surface area (Å²) in [5.41, 5.74) is 2.03. The van der Waals surface area contributed by atoms with Crippen LogP contribution in [0.4, 0.5) is 0 Å². The smallest absolute Gasteiger partial charge is 0.307 e. The first kappa shape index (κ1) is 20.5. The molecular formula is C22H27NO5. The van der Waals surface area contributed by atoms with Crippen molar-refractivity contribution in [1.29, 1.82) is 0 Å². The van der Waals surface area contributed by atoms with E-state index in [1.54, 1.807) is 0 Å². The van der Waals surface area contributed by atoms with Crippen molar-refractivity contribution in [3.8, 4) is 0 Å². The summed E-state index contributed by atoms with van der Waals surface area (Å²) in [7, 11) is 1.36. The van der Waals surface area contributed by atoms with E-state index in [4.69, 9.17) is 14.2 Å². The number of nitrogens with one attached hydrogen (secondary N) is 1. The Balaban J connectivity index is 1.72. The number of piperidine rings is 1. The Labute approximate surface area is 165 Å². The van der Waals surface area contributed by atoms with E-state index < -0.39 is 18.3 Å². The van der Waals surface area contributed by atoms with Crippen LogP contribution in [0, 0.1) is 0 Å². The molecule has 0 radical (unpaired) electrons. The molecule has 6 heteroatoms. The highest BCUT2D eigenvalue weighted by Crippen LogP contribution is 2.23. The number of aliphatic hydroxyl groups is 1. The molecule has 0 aromatic heterocycles. The number of carbonyl (C=O) groups is 1. The molecule has 0 saturated carbocycles. The van der Waals surface area contributed by atoms with Crippen molar-refractivity contribution in [3.05, 3.63) is 71.8 Å². The fourth-order valence-electron chi connectivity index (χ4n) is 3.35. The largest absolute Gasteiger partial charge is 0.469 e. The second kappa shape index (κ2) is 10.3. The van der Waals surface area contributed by atoms with Gasteiger partial charge in [-0.2, -0.15) is 0 Å². The average Bonchev–Trinajstić information content (AvgIpc) is 2.74. The van der Waals surface area contributed by atoms with Gasteiger partial charge in [0.1, 0.15) is 12.2 Å². The Hall–Kier alpha value is -2.25. The predicted molar refractivity (Wildman–Crippen MR) is 104 cm³/mol. The normalized spacial score (nSPS) is 24.6. The number of rotatable bonds is 8. The Bertz CT molecular complexity index is 724. The van der Waals surface area contributed by atoms with Gasteiger partial charge >= 0.3 is 5.97 Å². The number of hydrogen-bond donors (Lipinski definition) is 2. The van der Waals surface area contributed by atoms with E-state index in [1.165, 1.54) is 7.11 Å². The molecule has 150 valence electrons. The average molecular weight is 385 g/mol. The molecule has 6 nitrogen and oxygen atoms in total. The summed E-state index contributed by atoms with van der Waals surface area (Å²) in [6.07, 6.45) is -1.64. The Kier molecular flexibility index (Phi) is 7.56. The van der Waals surface area contributed by atoms with Gasteiger partial charge in [0.05, 0.1) is 32.8 Å². The number of methoxy groups -OCH3 is 1. The molecule has 0 bridgehead atoms. The molecule has 1 saturated heterocycles. The van der Waals surface area contributed by atoms with Crippen molar-refractivity contribution in [2.75, 3.05) is 13.7 Å². The third-order valence-corrected chi connectivity index (χ3v) is 4.87. The summed E-state index contributed by atoms with van der Waals surface area (Å²) < 4.78 is 17.0. The van der Waals surface area contributed by atoms with Gasteiger partial charge in [-0.1, -0.05) is 60.7 Å². The quantitative estimate of drug-likeness (QED) is 0.678. The summed E-state index contributed by atoms with van der Waals surface area (Å²) in [6.45, 7) is 1.05. The first-order valence-electron chi connectivity index (χ1n) is 9.46. The maximum Gasteiger partial charge on any atom is 0.307 e. The van der Waals surface area contributed by atoms with Crippen LogP contribution in [0.1, 0.15) is 17.5 Å². The summed E-state index contributed by atoms with van der Waals surface area (Å²) in [6, 6.07) is 19.3. The van der Waals surface area contributed by atoms with Crippen LogP contribution in [0.5, 0.6) is 0 Å². The van der Waals surface area contributed by atoms with Crippen LogP contribution >= 0.6 is 0 Å². The van der Waals surface area contributed by atoms with Gasteiger partial charge in [-0.05, 0) is 11.1 Å². The van der Waals surface area contributed by atoms with E-state index in [1.807, 2.05) is 60.7 Å². The maximum absolute atomic E-state index is 11.8. The summed E-state index contributed by atoms with van der Waals surface area (Å²) in [5, 5.41) is 13.7. The topological polar surface area (TPSA) is 77.0 Å². The lowest BCUT2D eigenvalue weighted by Gasteiger charge is -2.41. The van der Waals surface area contributed by atoms with Crippen molar-refractivity contribution in [1.82, 2.24) is 5.32 Å². The molecule has 1 aliphatic heterocycles. The molecule has 0 unspecified atom stereocenters. The van der Waals surface area contributed by atoms with Crippen molar-refractivity contribution < 1.29 is 24.1 Å². The molecular weight excluding hydrogens is 358 g/mol. The third-order valence-electron chi connectivity index (χ3n) is 4.87. The molecule has 0 spiro atoms. The van der Waals surface area contributed by atoms with Crippen LogP contribution in [0.15, 0.2) is 60.7 Å². The van der Waals surface area contributed by atoms with Crippen LogP contribution in [-0.4, -0.2) is 49.1 Å². The second-order valence-electron chi connectivity index (χ2n) is 6.88. The number of ether oxygens (including phenoxy) is 3. The van der Waals surface area contributed by atoms with Crippen molar-refractivity contribution in [2.24, 2.45) is 0 Å². The molecule has 4 atom stereocenters. The molecule has 1 fully saturated rings. The van der Waals surface area contributed by atoms with Gasteiger partial charge in [0.15, 0.2) is 0 Å². The predicted octanol–water partition coefficient (Wildman–Crippen LogP) is 2.05. The van der Waals surface area contributed by atoms with Crippen LogP contribution in [0.2, 0.25) is 0 Å². The van der Waals surface area contributed by atoms with E-state index in [2.05, 4.69) is 5.32 Å². The molecule has 1 aliphatic rings. The number of hydrogen-bond acceptors (Lipinski definition) is 6. The molecule has 2 aromatic rings. The minimum atomic E-state index is -0.738. The van der Waals surface area contributed by atoms with Crippen LogP contribution in [0.25, 0.3) is 0 Å². The Morgan fingerprint density at radius 2 is 1.50 bits per heavy atom. The maximum atomic E-state index is 11.8. The SMILES string of the molecule is COC(=O)C[C@@H]1NC[C@@H](O)[C@@H](OCc2ccccc2)[C@H]1OCc1ccccc1. The highest BCUT2D eigenvalue weighted by Gasteiger charge is 2.41. The van der Waals surface area contributed by atoms with Crippen molar-refractivity contribution >= 4 is 5.97 Å². The number of carbonyl (C=O) groups excluding carboxylic acids is 1. The lowest BCUT2D eigenvalue weighted by atomic mass is 9.93. The highest BCUT2D eigenvalue weighted by molar-refractivity contribution is 5.70. The van der Waals surface area contributed by atoms with E-state index in [-0.39, 0.29) is 18.4 Å². The fourth-order valence-corrected chi connectivity index (χ4v) is 3.35. The zero-order valence-electron chi connectivity index (χ0n) is 16.0. The minimum absolute atomic E-state index is 0.147. The summed E-state index contributed by atoms with van der Waals surface area (Å²) in [5.74, 6) is -0.330. The second-order valence-corrected chi connectivity index (χ2v) is 6.88. The van der Waals surface area contributed by atoms with Crippen LogP contribution in [-0.2, 0) is 32.2 Å². The standard InChI is InChI=1S/C22H27NO5/c1-26-20(25)12-18-21(27-14-16-8-4-2-5-9-16)22(19(24)13-23-18)28-15-17-10-6-3-7-11-17/h2-11,18-19,21-24H,12-15H2,1H3/t18-,19+,21-,22+/m0/s1. The van der Waals surface area contributed by atoms with Gasteiger partial charge in [-0.25, -0.2) is 0 Å². The fraction of sp³-hybridized carbons (Fsp3) is 0.409. The van der Waals surface area contributed by atoms with Gasteiger partial charge in [0.2, 0.25) is 0 Å². The van der Waals surface area contributed by atoms with Gasteiger partial charge in [-0.3, -0.25) is 4.79 Å². The molecule has 2 aromatic carbocycles. The van der Waals surface area contributed by atoms with Crippen molar-refractivity contribution in [3.63, 3.8) is 0 Å². The van der Waals surface area contributed by atoms with Crippen LogP contribution in [0.3, 0.4) is 0 Å². The summed E-state index contributed by atoms with van der Waals surface area (Å²) in [4.78, 5) is 11.8. The van der Waals surface area contributed by atoms with Gasteiger partial charge in [0.25, 0.3) is 0 Å². The van der Waals surface area contributed by atoms with Crippen LogP contribution < -0.4 is 5.32 Å². The number of β-amino-alcohol motifs (C(OH)–C–C–N with tert-alkyl or cyclic N) is 1.